The molecular weight excluding hydrogens is 365 g/mol. The molecule has 0 atom stereocenters. The number of hydrogen-bond acceptors (Lipinski definition) is 7. The first-order valence-electron chi connectivity index (χ1n) is 9.04. The Morgan fingerprint density at radius 3 is 2.43 bits per heavy atom. The van der Waals surface area contributed by atoms with E-state index in [1.165, 1.54) is 35.9 Å². The molecule has 28 heavy (non-hydrogen) atoms. The highest BCUT2D eigenvalue weighted by Crippen LogP contribution is 2.12. The van der Waals surface area contributed by atoms with Gasteiger partial charge in [-0.1, -0.05) is 13.8 Å². The lowest BCUT2D eigenvalue weighted by Gasteiger charge is -2.17. The zero-order valence-electron chi connectivity index (χ0n) is 16.0. The minimum atomic E-state index is -0.609. The molecule has 1 aromatic carbocycles. The van der Waals surface area contributed by atoms with Gasteiger partial charge in [-0.25, -0.2) is 18.7 Å². The number of likely N-dealkylation sites (N-methyl/N-ethyl adjacent to an activating group) is 1. The topological polar surface area (TPSA) is 97.9 Å². The van der Waals surface area contributed by atoms with E-state index in [-0.39, 0.29) is 17.1 Å². The smallest absolute Gasteiger partial charge is 0.337 e. The Balaban J connectivity index is 2.03. The summed E-state index contributed by atoms with van der Waals surface area (Å²) in [7, 11) is 1.36. The summed E-state index contributed by atoms with van der Waals surface area (Å²) in [6, 6.07) is 5.31. The Morgan fingerprint density at radius 2 is 1.79 bits per heavy atom. The van der Waals surface area contributed by atoms with Gasteiger partial charge in [0.15, 0.2) is 11.2 Å². The quantitative estimate of drug-likeness (QED) is 0.639. The van der Waals surface area contributed by atoms with E-state index in [4.69, 9.17) is 0 Å². The molecular formula is C18H22FN7O2. The van der Waals surface area contributed by atoms with Gasteiger partial charge < -0.3 is 10.2 Å². The fourth-order valence-electron chi connectivity index (χ4n) is 2.86. The molecule has 0 saturated carbocycles. The third-order valence-corrected chi connectivity index (χ3v) is 4.56. The van der Waals surface area contributed by atoms with Crippen LogP contribution in [0.1, 0.15) is 13.8 Å². The Kier molecular flexibility index (Phi) is 5.78. The van der Waals surface area contributed by atoms with Crippen LogP contribution in [0.2, 0.25) is 0 Å². The van der Waals surface area contributed by atoms with Crippen LogP contribution in [0.15, 0.2) is 33.9 Å². The second kappa shape index (κ2) is 8.26. The van der Waals surface area contributed by atoms with Crippen LogP contribution in [0.25, 0.3) is 16.9 Å². The van der Waals surface area contributed by atoms with Crippen molar-refractivity contribution in [1.29, 1.82) is 0 Å². The number of aromatic nitrogens is 5. The van der Waals surface area contributed by atoms with Gasteiger partial charge in [0.05, 0.1) is 5.69 Å². The molecule has 2 heterocycles. The first-order valence-corrected chi connectivity index (χ1v) is 9.04. The predicted octanol–water partition coefficient (Wildman–Crippen LogP) is 0.767. The number of hydrogen-bond donors (Lipinski definition) is 1. The van der Waals surface area contributed by atoms with Crippen molar-refractivity contribution < 1.29 is 4.39 Å². The summed E-state index contributed by atoms with van der Waals surface area (Å²) in [5.41, 5.74) is -0.784. The molecule has 0 aliphatic carbocycles. The molecule has 0 amide bonds. The van der Waals surface area contributed by atoms with Gasteiger partial charge in [-0.3, -0.25) is 9.36 Å². The van der Waals surface area contributed by atoms with Gasteiger partial charge in [-0.05, 0) is 37.4 Å². The number of nitrogens with zero attached hydrogens (tertiary/aromatic N) is 6. The third kappa shape index (κ3) is 3.77. The number of fused-ring (bicyclic) bond motifs is 1. The zero-order valence-corrected chi connectivity index (χ0v) is 16.0. The lowest BCUT2D eigenvalue weighted by Crippen LogP contribution is -2.38. The molecule has 0 saturated heterocycles. The lowest BCUT2D eigenvalue weighted by molar-refractivity contribution is 0.316. The maximum atomic E-state index is 13.2. The van der Waals surface area contributed by atoms with Crippen LogP contribution in [0, 0.1) is 5.82 Å². The standard InChI is InChI=1S/C18H22FN7O2/c1-4-25(5-2)11-10-20-17-21-14-15(22-23-17)26(18(28)24(3)16(14)27)13-8-6-12(19)7-9-13/h6-9H,4-5,10-11H2,1-3H3,(H,20,21,23). The average Bonchev–Trinajstić information content (AvgIpc) is 2.71. The van der Waals surface area contributed by atoms with Crippen LogP contribution in [0.5, 0.6) is 0 Å². The molecule has 1 N–H and O–H groups in total. The van der Waals surface area contributed by atoms with E-state index in [2.05, 4.69) is 39.2 Å². The predicted molar refractivity (Wildman–Crippen MR) is 104 cm³/mol. The van der Waals surface area contributed by atoms with E-state index >= 15 is 0 Å². The highest BCUT2D eigenvalue weighted by atomic mass is 19.1. The molecule has 9 nitrogen and oxygen atoms in total. The summed E-state index contributed by atoms with van der Waals surface area (Å²) in [5.74, 6) is -0.226. The molecule has 0 bridgehead atoms. The van der Waals surface area contributed by atoms with Crippen molar-refractivity contribution in [2.45, 2.75) is 13.8 Å². The second-order valence-electron chi connectivity index (χ2n) is 6.22. The van der Waals surface area contributed by atoms with E-state index in [0.717, 1.165) is 24.2 Å². The highest BCUT2D eigenvalue weighted by molar-refractivity contribution is 5.71. The van der Waals surface area contributed by atoms with Gasteiger partial charge in [0, 0.05) is 20.1 Å². The SMILES string of the molecule is CCN(CC)CCNc1nnc2c(n1)c(=O)n(C)c(=O)n2-c1ccc(F)cc1. The fraction of sp³-hybridized carbons (Fsp3) is 0.389. The number of anilines is 1. The molecule has 0 spiro atoms. The van der Waals surface area contributed by atoms with Gasteiger partial charge >= 0.3 is 5.69 Å². The number of halogens is 1. The van der Waals surface area contributed by atoms with Gasteiger partial charge in [0.1, 0.15) is 5.82 Å². The Morgan fingerprint density at radius 1 is 1.11 bits per heavy atom. The molecule has 0 aliphatic rings. The monoisotopic (exact) mass is 387 g/mol. The van der Waals surface area contributed by atoms with Crippen molar-refractivity contribution in [1.82, 2.24) is 29.2 Å². The minimum Gasteiger partial charge on any atom is -0.352 e. The normalized spacial score (nSPS) is 11.3. The summed E-state index contributed by atoms with van der Waals surface area (Å²) < 4.78 is 15.4. The Bertz CT molecular complexity index is 1090. The van der Waals surface area contributed by atoms with Crippen molar-refractivity contribution in [3.63, 3.8) is 0 Å². The van der Waals surface area contributed by atoms with Crippen LogP contribution in [-0.4, -0.2) is 55.4 Å². The van der Waals surface area contributed by atoms with Gasteiger partial charge in [0.25, 0.3) is 5.56 Å². The lowest BCUT2D eigenvalue weighted by atomic mass is 10.3. The summed E-state index contributed by atoms with van der Waals surface area (Å²) in [4.78, 5) is 31.6. The molecule has 2 aromatic heterocycles. The molecule has 148 valence electrons. The minimum absolute atomic E-state index is 0.00626. The number of benzene rings is 1. The average molecular weight is 387 g/mol. The van der Waals surface area contributed by atoms with Crippen LogP contribution < -0.4 is 16.6 Å². The zero-order chi connectivity index (χ0) is 20.3. The largest absolute Gasteiger partial charge is 0.352 e. The van der Waals surface area contributed by atoms with E-state index in [1.807, 2.05) is 0 Å². The van der Waals surface area contributed by atoms with Crippen LogP contribution >= 0.6 is 0 Å². The number of rotatable bonds is 7. The molecule has 3 rings (SSSR count). The Hall–Kier alpha value is -3.14. The molecule has 0 aliphatic heterocycles. The molecule has 10 heteroatoms. The van der Waals surface area contributed by atoms with Gasteiger partial charge in [0.2, 0.25) is 5.95 Å². The van der Waals surface area contributed by atoms with Crippen LogP contribution in [-0.2, 0) is 7.05 Å². The van der Waals surface area contributed by atoms with Crippen molar-refractivity contribution in [2.75, 3.05) is 31.5 Å². The maximum absolute atomic E-state index is 13.2. The van der Waals surface area contributed by atoms with E-state index < -0.39 is 17.1 Å². The Labute approximate surface area is 160 Å². The van der Waals surface area contributed by atoms with Gasteiger partial charge in [-0.15, -0.1) is 10.2 Å². The third-order valence-electron chi connectivity index (χ3n) is 4.56. The maximum Gasteiger partial charge on any atom is 0.337 e. The summed E-state index contributed by atoms with van der Waals surface area (Å²) in [6.45, 7) is 7.40. The summed E-state index contributed by atoms with van der Waals surface area (Å²) in [5, 5.41) is 11.1. The molecule has 0 radical (unpaired) electrons. The summed E-state index contributed by atoms with van der Waals surface area (Å²) in [6.07, 6.45) is 0. The molecule has 0 unspecified atom stereocenters. The van der Waals surface area contributed by atoms with Crippen LogP contribution in [0.4, 0.5) is 10.3 Å². The van der Waals surface area contributed by atoms with Crippen molar-refractivity contribution in [3.8, 4) is 5.69 Å². The van der Waals surface area contributed by atoms with Crippen molar-refractivity contribution in [2.24, 2.45) is 7.05 Å². The van der Waals surface area contributed by atoms with Crippen molar-refractivity contribution >= 4 is 17.1 Å². The van der Waals surface area contributed by atoms with Crippen LogP contribution in [0.3, 0.4) is 0 Å². The fourth-order valence-corrected chi connectivity index (χ4v) is 2.86. The number of nitrogens with one attached hydrogen (secondary N) is 1. The second-order valence-corrected chi connectivity index (χ2v) is 6.22. The first-order chi connectivity index (χ1) is 13.5. The molecule has 3 aromatic rings. The first kappa shape index (κ1) is 19.6. The van der Waals surface area contributed by atoms with Gasteiger partial charge in [-0.2, -0.15) is 0 Å². The van der Waals surface area contributed by atoms with Crippen molar-refractivity contribution in [3.05, 3.63) is 50.9 Å². The molecule has 0 fully saturated rings. The van der Waals surface area contributed by atoms with E-state index in [1.54, 1.807) is 0 Å². The van der Waals surface area contributed by atoms with E-state index in [9.17, 15) is 14.0 Å². The van der Waals surface area contributed by atoms with E-state index in [0.29, 0.717) is 12.2 Å². The summed E-state index contributed by atoms with van der Waals surface area (Å²) >= 11 is 0. The highest BCUT2D eigenvalue weighted by Gasteiger charge is 2.16.